The summed E-state index contributed by atoms with van der Waals surface area (Å²) in [4.78, 5) is 4.73. The van der Waals surface area contributed by atoms with Gasteiger partial charge in [-0.1, -0.05) is 19.4 Å². The zero-order valence-corrected chi connectivity index (χ0v) is 13.4. The summed E-state index contributed by atoms with van der Waals surface area (Å²) in [6, 6.07) is 8.07. The maximum absolute atomic E-state index is 4.73. The van der Waals surface area contributed by atoms with Crippen LogP contribution >= 0.6 is 0 Å². The number of pyridine rings is 1. The van der Waals surface area contributed by atoms with Crippen molar-refractivity contribution < 1.29 is 4.57 Å². The van der Waals surface area contributed by atoms with Crippen LogP contribution in [-0.4, -0.2) is 19.3 Å². The normalized spacial score (nSPS) is 11.0. The van der Waals surface area contributed by atoms with E-state index < -0.39 is 0 Å². The Bertz CT molecular complexity index is 769. The molecule has 0 aliphatic rings. The van der Waals surface area contributed by atoms with Crippen molar-refractivity contribution in [3.05, 3.63) is 54.4 Å². The standard InChI is InChI=1S/C17H22N5/c1-4-5-9-20-10-11-21(13-20)16-7-6-8-17(18-16)22-15(3)12-14(2)19-22/h6-8,10-13H,4-5,9H2,1-3H3/q+1. The number of rotatable bonds is 5. The van der Waals surface area contributed by atoms with Gasteiger partial charge in [-0.15, -0.1) is 0 Å². The SMILES string of the molecule is CCCC[n+]1ccn(-c2cccc(-n3nc(C)cc3C)n2)c1. The van der Waals surface area contributed by atoms with Crippen molar-refractivity contribution in [1.82, 2.24) is 19.3 Å². The lowest BCUT2D eigenvalue weighted by Crippen LogP contribution is -2.30. The van der Waals surface area contributed by atoms with Crippen molar-refractivity contribution in [1.29, 1.82) is 0 Å². The maximum Gasteiger partial charge on any atom is 0.250 e. The van der Waals surface area contributed by atoms with Crippen LogP contribution in [0.4, 0.5) is 0 Å². The van der Waals surface area contributed by atoms with Gasteiger partial charge in [0.2, 0.25) is 12.1 Å². The Kier molecular flexibility index (Phi) is 4.04. The molecule has 0 radical (unpaired) electrons. The fourth-order valence-corrected chi connectivity index (χ4v) is 2.54. The van der Waals surface area contributed by atoms with Gasteiger partial charge in [0.25, 0.3) is 0 Å². The Balaban J connectivity index is 1.91. The summed E-state index contributed by atoms with van der Waals surface area (Å²) in [5, 5.41) is 4.50. The molecular weight excluding hydrogens is 274 g/mol. The summed E-state index contributed by atoms with van der Waals surface area (Å²) in [6.07, 6.45) is 8.61. The number of hydrogen-bond donors (Lipinski definition) is 0. The van der Waals surface area contributed by atoms with E-state index in [1.807, 2.05) is 47.5 Å². The summed E-state index contributed by atoms with van der Waals surface area (Å²) < 4.78 is 6.12. The molecule has 3 heterocycles. The lowest BCUT2D eigenvalue weighted by molar-refractivity contribution is -0.696. The van der Waals surface area contributed by atoms with Gasteiger partial charge in [0.1, 0.15) is 12.4 Å². The molecule has 5 heteroatoms. The molecule has 3 rings (SSSR count). The quantitative estimate of drug-likeness (QED) is 0.679. The van der Waals surface area contributed by atoms with E-state index in [4.69, 9.17) is 4.98 Å². The molecule has 22 heavy (non-hydrogen) atoms. The minimum atomic E-state index is 0.844. The van der Waals surface area contributed by atoms with Gasteiger partial charge in [-0.05, 0) is 32.4 Å². The Hall–Kier alpha value is -2.43. The number of unbranched alkanes of at least 4 members (excludes halogenated alkanes) is 1. The molecule has 3 aromatic rings. The smallest absolute Gasteiger partial charge is 0.236 e. The highest BCUT2D eigenvalue weighted by Gasteiger charge is 2.10. The van der Waals surface area contributed by atoms with Gasteiger partial charge in [-0.2, -0.15) is 14.6 Å². The van der Waals surface area contributed by atoms with Crippen LogP contribution < -0.4 is 4.57 Å². The molecule has 0 saturated carbocycles. The first-order chi connectivity index (χ1) is 10.7. The van der Waals surface area contributed by atoms with Gasteiger partial charge in [0.05, 0.1) is 12.2 Å². The predicted molar refractivity (Wildman–Crippen MR) is 85.3 cm³/mol. The second-order valence-electron chi connectivity index (χ2n) is 5.61. The third-order valence-corrected chi connectivity index (χ3v) is 3.67. The molecule has 0 bridgehead atoms. The average Bonchev–Trinajstić information content (AvgIpc) is 3.12. The van der Waals surface area contributed by atoms with E-state index in [1.165, 1.54) is 12.8 Å². The highest BCUT2D eigenvalue weighted by Crippen LogP contribution is 2.12. The van der Waals surface area contributed by atoms with Crippen LogP contribution in [0.3, 0.4) is 0 Å². The van der Waals surface area contributed by atoms with E-state index in [2.05, 4.69) is 35.2 Å². The molecule has 114 valence electrons. The van der Waals surface area contributed by atoms with Crippen LogP contribution in [0.2, 0.25) is 0 Å². The molecule has 0 unspecified atom stereocenters. The maximum atomic E-state index is 4.73. The highest BCUT2D eigenvalue weighted by molar-refractivity contribution is 5.32. The Morgan fingerprint density at radius 3 is 2.73 bits per heavy atom. The largest absolute Gasteiger partial charge is 0.250 e. The zero-order valence-electron chi connectivity index (χ0n) is 13.4. The Morgan fingerprint density at radius 2 is 2.00 bits per heavy atom. The zero-order chi connectivity index (χ0) is 15.5. The topological polar surface area (TPSA) is 39.5 Å². The van der Waals surface area contributed by atoms with Gasteiger partial charge < -0.3 is 0 Å². The first kappa shape index (κ1) is 14.5. The third-order valence-electron chi connectivity index (χ3n) is 3.67. The van der Waals surface area contributed by atoms with Crippen molar-refractivity contribution in [2.75, 3.05) is 0 Å². The molecule has 0 aliphatic carbocycles. The van der Waals surface area contributed by atoms with Crippen molar-refractivity contribution in [2.24, 2.45) is 0 Å². The molecule has 0 spiro atoms. The van der Waals surface area contributed by atoms with Crippen molar-refractivity contribution >= 4 is 0 Å². The molecule has 0 amide bonds. The van der Waals surface area contributed by atoms with Gasteiger partial charge >= 0.3 is 0 Å². The van der Waals surface area contributed by atoms with E-state index in [0.29, 0.717) is 0 Å². The van der Waals surface area contributed by atoms with Gasteiger partial charge in [-0.25, -0.2) is 9.25 Å². The minimum Gasteiger partial charge on any atom is -0.236 e. The Morgan fingerprint density at radius 1 is 1.18 bits per heavy atom. The van der Waals surface area contributed by atoms with Gasteiger partial charge in [0.15, 0.2) is 5.82 Å². The minimum absolute atomic E-state index is 0.844. The number of aryl methyl sites for hydroxylation is 3. The van der Waals surface area contributed by atoms with Crippen LogP contribution in [0.5, 0.6) is 0 Å². The van der Waals surface area contributed by atoms with E-state index in [9.17, 15) is 0 Å². The first-order valence-corrected chi connectivity index (χ1v) is 7.75. The number of hydrogen-bond acceptors (Lipinski definition) is 2. The first-order valence-electron chi connectivity index (χ1n) is 7.75. The highest BCUT2D eigenvalue weighted by atomic mass is 15.3. The van der Waals surface area contributed by atoms with Crippen molar-refractivity contribution in [3.63, 3.8) is 0 Å². The Labute approximate surface area is 130 Å². The molecule has 0 saturated heterocycles. The molecule has 0 fully saturated rings. The fourth-order valence-electron chi connectivity index (χ4n) is 2.54. The number of imidazole rings is 1. The fraction of sp³-hybridized carbons (Fsp3) is 0.353. The molecular formula is C17H22N5+. The van der Waals surface area contributed by atoms with Crippen LogP contribution in [0.1, 0.15) is 31.2 Å². The molecule has 0 aliphatic heterocycles. The molecule has 3 aromatic heterocycles. The predicted octanol–water partition coefficient (Wildman–Crippen LogP) is 2.76. The van der Waals surface area contributed by atoms with E-state index in [1.54, 1.807) is 0 Å². The second-order valence-corrected chi connectivity index (χ2v) is 5.61. The summed E-state index contributed by atoms with van der Waals surface area (Å²) in [5.41, 5.74) is 2.09. The van der Waals surface area contributed by atoms with E-state index in [0.717, 1.165) is 29.6 Å². The van der Waals surface area contributed by atoms with E-state index in [-0.39, 0.29) is 0 Å². The summed E-state index contributed by atoms with van der Waals surface area (Å²) in [5.74, 6) is 1.75. The van der Waals surface area contributed by atoms with Gasteiger partial charge in [-0.3, -0.25) is 0 Å². The molecule has 5 nitrogen and oxygen atoms in total. The summed E-state index contributed by atoms with van der Waals surface area (Å²) in [6.45, 7) is 7.29. The third kappa shape index (κ3) is 2.93. The summed E-state index contributed by atoms with van der Waals surface area (Å²) in [7, 11) is 0. The summed E-state index contributed by atoms with van der Waals surface area (Å²) >= 11 is 0. The molecule has 0 N–H and O–H groups in total. The molecule has 0 atom stereocenters. The number of aromatic nitrogens is 5. The van der Waals surface area contributed by atoms with Crippen LogP contribution in [0.15, 0.2) is 43.0 Å². The lowest BCUT2D eigenvalue weighted by Gasteiger charge is -2.04. The van der Waals surface area contributed by atoms with Crippen LogP contribution in [0, 0.1) is 13.8 Å². The monoisotopic (exact) mass is 296 g/mol. The lowest BCUT2D eigenvalue weighted by atomic mass is 10.3. The van der Waals surface area contributed by atoms with Crippen molar-refractivity contribution in [2.45, 2.75) is 40.2 Å². The molecule has 0 aromatic carbocycles. The van der Waals surface area contributed by atoms with Crippen LogP contribution in [-0.2, 0) is 6.54 Å². The number of nitrogens with zero attached hydrogens (tertiary/aromatic N) is 5. The average molecular weight is 296 g/mol. The van der Waals surface area contributed by atoms with Crippen molar-refractivity contribution in [3.8, 4) is 11.6 Å². The van der Waals surface area contributed by atoms with Gasteiger partial charge in [0, 0.05) is 11.8 Å². The van der Waals surface area contributed by atoms with E-state index >= 15 is 0 Å². The van der Waals surface area contributed by atoms with Crippen LogP contribution in [0.25, 0.3) is 11.6 Å². The second kappa shape index (κ2) is 6.13.